The first kappa shape index (κ1) is 14.8. The molecule has 0 bridgehead atoms. The van der Waals surface area contributed by atoms with Gasteiger partial charge < -0.3 is 5.32 Å². The summed E-state index contributed by atoms with van der Waals surface area (Å²) in [4.78, 5) is 11.9. The second-order valence-corrected chi connectivity index (χ2v) is 6.40. The van der Waals surface area contributed by atoms with E-state index in [0.717, 1.165) is 25.7 Å². The van der Waals surface area contributed by atoms with Crippen LogP contribution in [0, 0.1) is 11.7 Å². The minimum absolute atomic E-state index is 0.0837. The molecule has 1 aliphatic carbocycles. The summed E-state index contributed by atoms with van der Waals surface area (Å²) in [5.74, 6) is -0.412. The van der Waals surface area contributed by atoms with Crippen LogP contribution in [-0.2, 0) is 0 Å². The smallest absolute Gasteiger partial charge is 0.254 e. The van der Waals surface area contributed by atoms with E-state index in [1.165, 1.54) is 6.07 Å². The van der Waals surface area contributed by atoms with Crippen LogP contribution in [0.1, 0.15) is 36.0 Å². The highest BCUT2D eigenvalue weighted by Crippen LogP contribution is 2.27. The van der Waals surface area contributed by atoms with Gasteiger partial charge in [-0.05, 0) is 59.7 Å². The Bertz CT molecular complexity index is 461. The largest absolute Gasteiger partial charge is 0.352 e. The van der Waals surface area contributed by atoms with Crippen LogP contribution in [-0.4, -0.2) is 17.8 Å². The maximum atomic E-state index is 13.7. The highest BCUT2D eigenvalue weighted by Gasteiger charge is 2.21. The highest BCUT2D eigenvalue weighted by molar-refractivity contribution is 9.10. The zero-order valence-corrected chi connectivity index (χ0v) is 12.8. The predicted molar refractivity (Wildman–Crippen MR) is 78.0 cm³/mol. The number of nitrogens with one attached hydrogen (secondary N) is 1. The van der Waals surface area contributed by atoms with E-state index in [9.17, 15) is 9.18 Å². The van der Waals surface area contributed by atoms with E-state index in [-0.39, 0.29) is 16.8 Å². The first-order valence-corrected chi connectivity index (χ1v) is 7.67. The quantitative estimate of drug-likeness (QED) is 0.818. The molecular formula is C14H16BrClFNO. The molecule has 0 spiro atoms. The third kappa shape index (κ3) is 3.93. The average molecular weight is 349 g/mol. The number of hydrogen-bond donors (Lipinski definition) is 1. The molecule has 0 unspecified atom stereocenters. The van der Waals surface area contributed by atoms with Crippen molar-refractivity contribution in [3.8, 4) is 0 Å². The standard InChI is InChI=1S/C14H16BrClFNO/c15-12-3-1-2-11(13(12)17)14(19)18-8-9-4-6-10(16)7-5-9/h1-3,9-10H,4-8H2,(H,18,19). The molecule has 0 heterocycles. The Morgan fingerprint density at radius 3 is 2.74 bits per heavy atom. The van der Waals surface area contributed by atoms with Gasteiger partial charge in [0.15, 0.2) is 0 Å². The molecule has 5 heteroatoms. The fourth-order valence-electron chi connectivity index (χ4n) is 2.34. The van der Waals surface area contributed by atoms with Crippen molar-refractivity contribution in [2.24, 2.45) is 5.92 Å². The zero-order valence-electron chi connectivity index (χ0n) is 10.5. The summed E-state index contributed by atoms with van der Waals surface area (Å²) >= 11 is 9.12. The van der Waals surface area contributed by atoms with Gasteiger partial charge in [0.2, 0.25) is 0 Å². The van der Waals surface area contributed by atoms with Crippen LogP contribution in [0.3, 0.4) is 0 Å². The molecular weight excluding hydrogens is 333 g/mol. The molecule has 2 rings (SSSR count). The average Bonchev–Trinajstić information content (AvgIpc) is 2.41. The van der Waals surface area contributed by atoms with Crippen LogP contribution in [0.2, 0.25) is 0 Å². The van der Waals surface area contributed by atoms with Gasteiger partial charge in [-0.2, -0.15) is 0 Å². The number of amides is 1. The Hall–Kier alpha value is -0.610. The van der Waals surface area contributed by atoms with Crippen molar-refractivity contribution in [1.82, 2.24) is 5.32 Å². The van der Waals surface area contributed by atoms with E-state index in [0.29, 0.717) is 16.9 Å². The lowest BCUT2D eigenvalue weighted by Gasteiger charge is -2.25. The molecule has 19 heavy (non-hydrogen) atoms. The minimum atomic E-state index is -0.510. The molecule has 0 aliphatic heterocycles. The van der Waals surface area contributed by atoms with E-state index in [2.05, 4.69) is 21.2 Å². The molecule has 1 amide bonds. The maximum absolute atomic E-state index is 13.7. The van der Waals surface area contributed by atoms with Gasteiger partial charge in [0.25, 0.3) is 5.91 Å². The van der Waals surface area contributed by atoms with Gasteiger partial charge >= 0.3 is 0 Å². The SMILES string of the molecule is O=C(NCC1CCC(Cl)CC1)c1cccc(Br)c1F. The zero-order chi connectivity index (χ0) is 13.8. The second-order valence-electron chi connectivity index (χ2n) is 4.93. The van der Waals surface area contributed by atoms with Crippen LogP contribution in [0.5, 0.6) is 0 Å². The Morgan fingerprint density at radius 1 is 1.37 bits per heavy atom. The van der Waals surface area contributed by atoms with Crippen LogP contribution in [0.4, 0.5) is 4.39 Å². The van der Waals surface area contributed by atoms with Gasteiger partial charge in [0, 0.05) is 11.9 Å². The number of hydrogen-bond acceptors (Lipinski definition) is 1. The van der Waals surface area contributed by atoms with Gasteiger partial charge in [-0.1, -0.05) is 6.07 Å². The number of halogens is 3. The molecule has 1 aromatic carbocycles. The van der Waals surface area contributed by atoms with Crippen molar-refractivity contribution in [1.29, 1.82) is 0 Å². The molecule has 1 N–H and O–H groups in total. The Morgan fingerprint density at radius 2 is 2.05 bits per heavy atom. The van der Waals surface area contributed by atoms with E-state index in [1.54, 1.807) is 12.1 Å². The van der Waals surface area contributed by atoms with Gasteiger partial charge in [0.1, 0.15) is 5.82 Å². The minimum Gasteiger partial charge on any atom is -0.352 e. The highest BCUT2D eigenvalue weighted by atomic mass is 79.9. The van der Waals surface area contributed by atoms with Crippen molar-refractivity contribution in [2.75, 3.05) is 6.54 Å². The van der Waals surface area contributed by atoms with Crippen LogP contribution < -0.4 is 5.32 Å². The summed E-state index contributed by atoms with van der Waals surface area (Å²) in [7, 11) is 0. The monoisotopic (exact) mass is 347 g/mol. The van der Waals surface area contributed by atoms with Crippen molar-refractivity contribution in [2.45, 2.75) is 31.1 Å². The van der Waals surface area contributed by atoms with Crippen molar-refractivity contribution >= 4 is 33.4 Å². The Balaban J connectivity index is 1.89. The molecule has 1 saturated carbocycles. The van der Waals surface area contributed by atoms with Crippen LogP contribution in [0.15, 0.2) is 22.7 Å². The van der Waals surface area contributed by atoms with E-state index < -0.39 is 5.82 Å². The fraction of sp³-hybridized carbons (Fsp3) is 0.500. The van der Waals surface area contributed by atoms with Crippen LogP contribution >= 0.6 is 27.5 Å². The summed E-state index contributed by atoms with van der Waals surface area (Å²) in [6.07, 6.45) is 4.03. The molecule has 0 saturated heterocycles. The van der Waals surface area contributed by atoms with Gasteiger partial charge in [-0.3, -0.25) is 4.79 Å². The lowest BCUT2D eigenvalue weighted by molar-refractivity contribution is 0.0939. The first-order chi connectivity index (χ1) is 9.08. The second kappa shape index (κ2) is 6.71. The normalized spacial score (nSPS) is 23.1. The van der Waals surface area contributed by atoms with Crippen molar-refractivity contribution < 1.29 is 9.18 Å². The third-order valence-corrected chi connectivity index (χ3v) is 4.57. The van der Waals surface area contributed by atoms with E-state index in [4.69, 9.17) is 11.6 Å². The summed E-state index contributed by atoms with van der Waals surface area (Å²) < 4.78 is 14.1. The molecule has 0 radical (unpaired) electrons. The molecule has 1 fully saturated rings. The molecule has 1 aliphatic rings. The number of carbonyl (C=O) groups is 1. The van der Waals surface area contributed by atoms with Crippen LogP contribution in [0.25, 0.3) is 0 Å². The number of carbonyl (C=O) groups excluding carboxylic acids is 1. The fourth-order valence-corrected chi connectivity index (χ4v) is 2.96. The van der Waals surface area contributed by atoms with Crippen molar-refractivity contribution in [3.63, 3.8) is 0 Å². The third-order valence-electron chi connectivity index (χ3n) is 3.52. The molecule has 104 valence electrons. The summed E-state index contributed by atoms with van der Waals surface area (Å²) in [5, 5.41) is 3.08. The first-order valence-electron chi connectivity index (χ1n) is 6.44. The van der Waals surface area contributed by atoms with Crippen molar-refractivity contribution in [3.05, 3.63) is 34.1 Å². The molecule has 0 atom stereocenters. The maximum Gasteiger partial charge on any atom is 0.254 e. The Labute approximate surface area is 125 Å². The summed E-state index contributed by atoms with van der Waals surface area (Å²) in [6.45, 7) is 0.592. The summed E-state index contributed by atoms with van der Waals surface area (Å²) in [5.41, 5.74) is 0.0837. The molecule has 0 aromatic heterocycles. The molecule has 1 aromatic rings. The summed E-state index contributed by atoms with van der Waals surface area (Å²) in [6, 6.07) is 4.72. The van der Waals surface area contributed by atoms with E-state index >= 15 is 0 Å². The van der Waals surface area contributed by atoms with Gasteiger partial charge in [-0.25, -0.2) is 4.39 Å². The van der Waals surface area contributed by atoms with Gasteiger partial charge in [0.05, 0.1) is 10.0 Å². The van der Waals surface area contributed by atoms with Gasteiger partial charge in [-0.15, -0.1) is 11.6 Å². The van der Waals surface area contributed by atoms with E-state index in [1.807, 2.05) is 0 Å². The topological polar surface area (TPSA) is 29.1 Å². The number of alkyl halides is 1. The number of benzene rings is 1. The lowest BCUT2D eigenvalue weighted by atomic mass is 9.89. The lowest BCUT2D eigenvalue weighted by Crippen LogP contribution is -2.32. The number of rotatable bonds is 3. The molecule has 2 nitrogen and oxygen atoms in total. The Kier molecular flexibility index (Phi) is 5.22. The predicted octanol–water partition coefficient (Wildman–Crippen LogP) is 4.12.